The van der Waals surface area contributed by atoms with E-state index in [-0.39, 0.29) is 23.1 Å². The summed E-state index contributed by atoms with van der Waals surface area (Å²) in [4.78, 5) is 2.66. The molecule has 0 amide bonds. The molecule has 3 heteroatoms. The normalized spacial score (nSPS) is 14.0. The molecular formula is C55H51BN2. The summed E-state index contributed by atoms with van der Waals surface area (Å²) in [6.07, 6.45) is 0. The van der Waals surface area contributed by atoms with Gasteiger partial charge < -0.3 is 9.38 Å². The van der Waals surface area contributed by atoms with Gasteiger partial charge in [-0.3, -0.25) is 0 Å². The molecule has 284 valence electrons. The number of nitrogens with zero attached hydrogens (tertiary/aromatic N) is 2. The summed E-state index contributed by atoms with van der Waals surface area (Å²) in [7, 11) is 0. The lowest BCUT2D eigenvalue weighted by Crippen LogP contribution is -2.56. The van der Waals surface area contributed by atoms with Crippen molar-refractivity contribution in [3.63, 3.8) is 0 Å². The Morgan fingerprint density at radius 2 is 1.10 bits per heavy atom. The van der Waals surface area contributed by atoms with Crippen molar-refractivity contribution in [3.8, 4) is 11.1 Å². The first-order valence-corrected chi connectivity index (χ1v) is 21.1. The van der Waals surface area contributed by atoms with Gasteiger partial charge in [0.2, 0.25) is 0 Å². The van der Waals surface area contributed by atoms with Crippen molar-refractivity contribution in [2.24, 2.45) is 0 Å². The predicted molar refractivity (Wildman–Crippen MR) is 253 cm³/mol. The molecule has 9 aromatic rings. The monoisotopic (exact) mass is 750 g/mol. The number of anilines is 3. The van der Waals surface area contributed by atoms with Crippen molar-refractivity contribution in [2.45, 2.75) is 85.5 Å². The van der Waals surface area contributed by atoms with E-state index >= 15 is 0 Å². The van der Waals surface area contributed by atoms with Gasteiger partial charge in [0.15, 0.2) is 0 Å². The maximum atomic E-state index is 2.70. The van der Waals surface area contributed by atoms with Crippen LogP contribution < -0.4 is 15.8 Å². The highest BCUT2D eigenvalue weighted by Crippen LogP contribution is 2.50. The number of aryl methyl sites for hydroxylation is 1. The van der Waals surface area contributed by atoms with Crippen LogP contribution in [-0.4, -0.2) is 11.3 Å². The Bertz CT molecular complexity index is 3220. The highest BCUT2D eigenvalue weighted by atomic mass is 15.2. The summed E-state index contributed by atoms with van der Waals surface area (Å²) in [6, 6.07) is 49.4. The van der Waals surface area contributed by atoms with E-state index in [1.807, 2.05) is 0 Å². The topological polar surface area (TPSA) is 8.17 Å². The molecule has 2 aliphatic heterocycles. The first-order valence-electron chi connectivity index (χ1n) is 21.1. The fourth-order valence-corrected chi connectivity index (χ4v) is 10.7. The van der Waals surface area contributed by atoms with Gasteiger partial charge in [-0.2, -0.15) is 0 Å². The van der Waals surface area contributed by atoms with Crippen LogP contribution in [0.25, 0.3) is 65.3 Å². The number of hydrogen-bond acceptors (Lipinski definition) is 1. The smallest absolute Gasteiger partial charge is 0.333 e. The molecular weight excluding hydrogens is 699 g/mol. The Hall–Kier alpha value is -5.80. The molecule has 0 bridgehead atoms. The van der Waals surface area contributed by atoms with E-state index in [9.17, 15) is 0 Å². The van der Waals surface area contributed by atoms with E-state index in [2.05, 4.69) is 206 Å². The van der Waals surface area contributed by atoms with Crippen LogP contribution in [0.1, 0.15) is 84.6 Å². The Morgan fingerprint density at radius 1 is 0.483 bits per heavy atom. The van der Waals surface area contributed by atoms with Gasteiger partial charge in [-0.25, -0.2) is 0 Å². The summed E-state index contributed by atoms with van der Waals surface area (Å²) in [5.41, 5.74) is 17.1. The molecule has 0 spiro atoms. The summed E-state index contributed by atoms with van der Waals surface area (Å²) >= 11 is 0. The minimum absolute atomic E-state index is 0.0283. The van der Waals surface area contributed by atoms with Gasteiger partial charge in [-0.1, -0.05) is 159 Å². The highest BCUT2D eigenvalue weighted by molar-refractivity contribution is 6.90. The van der Waals surface area contributed by atoms with Gasteiger partial charge in [0.25, 0.3) is 0 Å². The van der Waals surface area contributed by atoms with Gasteiger partial charge in [0.1, 0.15) is 0 Å². The average molecular weight is 751 g/mol. The second-order valence-electron chi connectivity index (χ2n) is 20.3. The van der Waals surface area contributed by atoms with Crippen LogP contribution >= 0.6 is 0 Å². The first kappa shape index (κ1) is 35.4. The van der Waals surface area contributed by atoms with Crippen LogP contribution in [-0.2, 0) is 16.2 Å². The fraction of sp³-hybridized carbons (Fsp3) is 0.236. The maximum Gasteiger partial charge on any atom is 0.333 e. The lowest BCUT2D eigenvalue weighted by molar-refractivity contribution is 0.569. The molecule has 0 fully saturated rings. The Balaban J connectivity index is 1.39. The van der Waals surface area contributed by atoms with Crippen LogP contribution in [0.5, 0.6) is 0 Å². The van der Waals surface area contributed by atoms with Crippen molar-refractivity contribution in [1.29, 1.82) is 0 Å². The second kappa shape index (κ2) is 11.7. The van der Waals surface area contributed by atoms with E-state index in [1.165, 1.54) is 115 Å². The highest BCUT2D eigenvalue weighted by Gasteiger charge is 2.44. The van der Waals surface area contributed by atoms with Crippen molar-refractivity contribution < 1.29 is 0 Å². The van der Waals surface area contributed by atoms with Crippen molar-refractivity contribution in [1.82, 2.24) is 4.48 Å². The lowest BCUT2D eigenvalue weighted by Gasteiger charge is -2.42. The van der Waals surface area contributed by atoms with Crippen LogP contribution in [0.3, 0.4) is 0 Å². The third-order valence-corrected chi connectivity index (χ3v) is 13.5. The molecule has 58 heavy (non-hydrogen) atoms. The second-order valence-corrected chi connectivity index (χ2v) is 20.3. The van der Waals surface area contributed by atoms with Crippen molar-refractivity contribution >= 4 is 89.0 Å². The van der Waals surface area contributed by atoms with E-state index in [4.69, 9.17) is 0 Å². The van der Waals surface area contributed by atoms with Gasteiger partial charge in [0.05, 0.1) is 0 Å². The fourth-order valence-electron chi connectivity index (χ4n) is 10.7. The summed E-state index contributed by atoms with van der Waals surface area (Å²) in [6.45, 7) is 23.6. The Labute approximate surface area is 343 Å². The molecule has 0 saturated heterocycles. The van der Waals surface area contributed by atoms with Crippen LogP contribution in [0.15, 0.2) is 127 Å². The molecule has 1 aromatic heterocycles. The molecule has 2 aliphatic rings. The van der Waals surface area contributed by atoms with E-state index in [0.717, 1.165) is 0 Å². The van der Waals surface area contributed by atoms with E-state index < -0.39 is 0 Å². The third-order valence-electron chi connectivity index (χ3n) is 13.5. The number of fused-ring (bicyclic) bond motifs is 11. The van der Waals surface area contributed by atoms with Gasteiger partial charge in [0, 0.05) is 44.4 Å². The molecule has 0 radical (unpaired) electrons. The molecule has 0 atom stereocenters. The SMILES string of the molecule is Cc1c2ccccc2c(C(C)(C)C)c2cc3c(cc12)B1c2c(cc4ccccc4c2-c2cccc4c5ccccc5n1c24)N3c1cc(C(C)(C)C)cc(C(C)(C)C)c1. The minimum Gasteiger partial charge on any atom is -0.375 e. The standard InChI is InChI=1S/C55H51BN2/c1-32-37-19-13-14-22-40(37)50(55(8,9)10)44-31-47-45(30-43(32)44)56-51-48(57(47)36-28-34(53(2,3)4)27-35(29-36)54(5,6)7)26-33-18-11-12-20-38(33)49(51)42-24-17-23-41-39-21-15-16-25-46(39)58(56)52(41)42/h11-31H,1-10H3. The molecule has 8 aromatic carbocycles. The number of aromatic nitrogens is 1. The minimum atomic E-state index is -0.0846. The summed E-state index contributed by atoms with van der Waals surface area (Å²) in [5, 5.41) is 10.6. The maximum absolute atomic E-state index is 2.70. The molecule has 3 heterocycles. The average Bonchev–Trinajstić information content (AvgIpc) is 3.52. The van der Waals surface area contributed by atoms with Crippen LogP contribution in [0, 0.1) is 6.92 Å². The number of rotatable bonds is 1. The molecule has 0 unspecified atom stereocenters. The molecule has 0 aliphatic carbocycles. The van der Waals surface area contributed by atoms with Gasteiger partial charge >= 0.3 is 6.85 Å². The number of hydrogen-bond donors (Lipinski definition) is 0. The van der Waals surface area contributed by atoms with Crippen molar-refractivity contribution in [3.05, 3.63) is 150 Å². The zero-order valence-electron chi connectivity index (χ0n) is 35.6. The summed E-state index contributed by atoms with van der Waals surface area (Å²) < 4.78 is 2.70. The van der Waals surface area contributed by atoms with Gasteiger partial charge in [-0.15, -0.1) is 0 Å². The van der Waals surface area contributed by atoms with E-state index in [0.29, 0.717) is 0 Å². The zero-order valence-corrected chi connectivity index (χ0v) is 35.6. The molecule has 2 nitrogen and oxygen atoms in total. The van der Waals surface area contributed by atoms with Crippen LogP contribution in [0.2, 0.25) is 0 Å². The number of benzene rings is 8. The predicted octanol–water partition coefficient (Wildman–Crippen LogP) is 13.9. The molecule has 0 saturated carbocycles. The zero-order chi connectivity index (χ0) is 40.2. The largest absolute Gasteiger partial charge is 0.375 e. The first-order chi connectivity index (χ1) is 27.6. The molecule has 0 N–H and O–H groups in total. The van der Waals surface area contributed by atoms with Crippen molar-refractivity contribution in [2.75, 3.05) is 4.90 Å². The lowest BCUT2D eigenvalue weighted by atomic mass is 9.44. The quantitative estimate of drug-likeness (QED) is 0.120. The summed E-state index contributed by atoms with van der Waals surface area (Å²) in [5.74, 6) is 0. The van der Waals surface area contributed by atoms with E-state index in [1.54, 1.807) is 0 Å². The Morgan fingerprint density at radius 3 is 1.79 bits per heavy atom. The number of para-hydroxylation sites is 2. The van der Waals surface area contributed by atoms with Gasteiger partial charge in [-0.05, 0) is 125 Å². The third kappa shape index (κ3) is 4.80. The van der Waals surface area contributed by atoms with Crippen LogP contribution in [0.4, 0.5) is 17.1 Å². The molecule has 11 rings (SSSR count). The Kier molecular flexibility index (Phi) is 7.11.